The van der Waals surface area contributed by atoms with Crippen LogP contribution in [0.2, 0.25) is 0 Å². The van der Waals surface area contributed by atoms with Crippen LogP contribution in [-0.4, -0.2) is 42.4 Å². The summed E-state index contributed by atoms with van der Waals surface area (Å²) in [6.45, 7) is 15.9. The van der Waals surface area contributed by atoms with E-state index in [-0.39, 0.29) is 17.7 Å². The molecule has 0 aromatic heterocycles. The van der Waals surface area contributed by atoms with E-state index in [2.05, 4.69) is 63.8 Å². The summed E-state index contributed by atoms with van der Waals surface area (Å²) in [5.41, 5.74) is 8.39. The molecule has 2 rings (SSSR count). The maximum absolute atomic E-state index is 12.6. The summed E-state index contributed by atoms with van der Waals surface area (Å²) in [4.78, 5) is 28.4. The molecule has 0 bridgehead atoms. The van der Waals surface area contributed by atoms with Gasteiger partial charge in [0.05, 0.1) is 0 Å². The lowest BCUT2D eigenvalue weighted by atomic mass is 9.88. The van der Waals surface area contributed by atoms with Crippen LogP contribution in [0.15, 0.2) is 24.3 Å². The van der Waals surface area contributed by atoms with Crippen LogP contribution in [0.4, 0.5) is 5.69 Å². The van der Waals surface area contributed by atoms with Crippen LogP contribution in [0, 0.1) is 17.3 Å². The van der Waals surface area contributed by atoms with Crippen LogP contribution in [0.3, 0.4) is 0 Å². The van der Waals surface area contributed by atoms with Crippen LogP contribution in [-0.2, 0) is 16.0 Å². The number of benzene rings is 1. The van der Waals surface area contributed by atoms with Gasteiger partial charge in [-0.15, -0.1) is 0 Å². The van der Waals surface area contributed by atoms with E-state index in [0.717, 1.165) is 45.3 Å². The van der Waals surface area contributed by atoms with E-state index < -0.39 is 0 Å². The fraction of sp³-hybridized carbons (Fsp3) is 0.714. The van der Waals surface area contributed by atoms with Gasteiger partial charge in [0.25, 0.3) is 0 Å². The van der Waals surface area contributed by atoms with E-state index in [4.69, 9.17) is 5.73 Å². The topological polar surface area (TPSA) is 66.6 Å². The van der Waals surface area contributed by atoms with Crippen LogP contribution in [0.1, 0.15) is 85.6 Å². The smallest absolute Gasteiger partial charge is 0.222 e. The number of nitrogens with zero attached hydrogens (tertiary/aromatic N) is 2. The molecule has 1 aromatic rings. The molecule has 2 N–H and O–H groups in total. The largest absolute Gasteiger partial charge is 0.369 e. The van der Waals surface area contributed by atoms with Crippen molar-refractivity contribution in [1.29, 1.82) is 0 Å². The third kappa shape index (κ3) is 9.38. The van der Waals surface area contributed by atoms with E-state index in [1.165, 1.54) is 17.7 Å². The van der Waals surface area contributed by atoms with Gasteiger partial charge in [0, 0.05) is 43.7 Å². The average molecular weight is 458 g/mol. The molecule has 0 radical (unpaired) electrons. The molecule has 0 saturated carbocycles. The minimum atomic E-state index is -0.327. The number of likely N-dealkylation sites (tertiary alicyclic amines) is 1. The third-order valence-electron chi connectivity index (χ3n) is 6.91. The summed E-state index contributed by atoms with van der Waals surface area (Å²) in [7, 11) is 0. The van der Waals surface area contributed by atoms with Crippen LogP contribution in [0.25, 0.3) is 0 Å². The predicted molar refractivity (Wildman–Crippen MR) is 138 cm³/mol. The van der Waals surface area contributed by atoms with Crippen molar-refractivity contribution in [1.82, 2.24) is 4.90 Å². The van der Waals surface area contributed by atoms with Crippen molar-refractivity contribution in [3.63, 3.8) is 0 Å². The number of rotatable bonds is 11. The zero-order valence-electron chi connectivity index (χ0n) is 21.9. The molecule has 0 spiro atoms. The highest BCUT2D eigenvalue weighted by Crippen LogP contribution is 2.27. The first kappa shape index (κ1) is 27.2. The lowest BCUT2D eigenvalue weighted by molar-refractivity contribution is -0.132. The van der Waals surface area contributed by atoms with Crippen molar-refractivity contribution < 1.29 is 9.59 Å². The minimum absolute atomic E-state index is 0.151. The summed E-state index contributed by atoms with van der Waals surface area (Å²) in [6, 6.07) is 9.63. The normalized spacial score (nSPS) is 16.2. The van der Waals surface area contributed by atoms with Gasteiger partial charge in [-0.3, -0.25) is 9.59 Å². The van der Waals surface area contributed by atoms with E-state index in [0.29, 0.717) is 30.2 Å². The number of carbonyl (C=O) groups is 2. The van der Waals surface area contributed by atoms with Crippen molar-refractivity contribution in [2.24, 2.45) is 23.0 Å². The number of aryl methyl sites for hydroxylation is 1. The SMILES string of the molecule is CC(C)CCN(c1ccc(CCC(C)(C)C)cc1)C1CCN(C(=O)CCC(C)C(N)=O)CC1. The van der Waals surface area contributed by atoms with Gasteiger partial charge in [0.15, 0.2) is 0 Å². The van der Waals surface area contributed by atoms with Gasteiger partial charge in [0.1, 0.15) is 0 Å². The predicted octanol–water partition coefficient (Wildman–Crippen LogP) is 5.41. The van der Waals surface area contributed by atoms with Gasteiger partial charge in [-0.25, -0.2) is 0 Å². The van der Waals surface area contributed by atoms with Crippen molar-refractivity contribution in [3.05, 3.63) is 29.8 Å². The van der Waals surface area contributed by atoms with E-state index >= 15 is 0 Å². The molecule has 1 aromatic carbocycles. The Kier molecular flexibility index (Phi) is 10.2. The van der Waals surface area contributed by atoms with E-state index in [1.54, 1.807) is 6.92 Å². The molecule has 1 atom stereocenters. The Morgan fingerprint density at radius 3 is 2.18 bits per heavy atom. The summed E-state index contributed by atoms with van der Waals surface area (Å²) in [5.74, 6) is 0.238. The fourth-order valence-electron chi connectivity index (χ4n) is 4.36. The third-order valence-corrected chi connectivity index (χ3v) is 6.91. The Labute approximate surface area is 202 Å². The number of amides is 2. The molecular weight excluding hydrogens is 410 g/mol. The average Bonchev–Trinajstić information content (AvgIpc) is 2.76. The summed E-state index contributed by atoms with van der Waals surface area (Å²) in [6.07, 6.45) is 6.38. The molecule has 0 aliphatic carbocycles. The molecule has 1 aliphatic heterocycles. The number of hydrogen-bond donors (Lipinski definition) is 1. The van der Waals surface area contributed by atoms with Gasteiger partial charge in [-0.1, -0.05) is 53.7 Å². The molecule has 1 fully saturated rings. The zero-order chi connectivity index (χ0) is 24.6. The van der Waals surface area contributed by atoms with Crippen molar-refractivity contribution in [2.75, 3.05) is 24.5 Å². The molecule has 2 amide bonds. The van der Waals surface area contributed by atoms with Crippen LogP contribution < -0.4 is 10.6 Å². The van der Waals surface area contributed by atoms with Gasteiger partial charge < -0.3 is 15.5 Å². The first-order valence-corrected chi connectivity index (χ1v) is 12.9. The second kappa shape index (κ2) is 12.4. The highest BCUT2D eigenvalue weighted by atomic mass is 16.2. The minimum Gasteiger partial charge on any atom is -0.369 e. The van der Waals surface area contributed by atoms with Gasteiger partial charge in [-0.05, 0) is 67.6 Å². The maximum atomic E-state index is 12.6. The molecule has 5 nitrogen and oxygen atoms in total. The monoisotopic (exact) mass is 457 g/mol. The van der Waals surface area contributed by atoms with Crippen molar-refractivity contribution >= 4 is 17.5 Å². The number of piperidine rings is 1. The molecule has 1 aliphatic rings. The van der Waals surface area contributed by atoms with Crippen molar-refractivity contribution in [3.8, 4) is 0 Å². The van der Waals surface area contributed by atoms with Gasteiger partial charge in [0.2, 0.25) is 11.8 Å². The number of hydrogen-bond acceptors (Lipinski definition) is 3. The summed E-state index contributed by atoms with van der Waals surface area (Å²) in [5, 5.41) is 0. The zero-order valence-corrected chi connectivity index (χ0v) is 21.9. The van der Waals surface area contributed by atoms with E-state index in [1.807, 2.05) is 4.90 Å². The van der Waals surface area contributed by atoms with Crippen molar-refractivity contribution in [2.45, 2.75) is 92.5 Å². The fourth-order valence-corrected chi connectivity index (χ4v) is 4.36. The summed E-state index contributed by atoms with van der Waals surface area (Å²) < 4.78 is 0. The molecule has 33 heavy (non-hydrogen) atoms. The molecular formula is C28H47N3O2. The molecule has 1 heterocycles. The standard InChI is InChI=1S/C28H47N3O2/c1-21(2)14-20-31(24-10-8-23(9-11-24)13-17-28(4,5)6)25-15-18-30(19-16-25)26(32)12-7-22(3)27(29)33/h8-11,21-22,25H,7,12-20H2,1-6H3,(H2,29,33). The highest BCUT2D eigenvalue weighted by molar-refractivity contribution is 5.79. The quantitative estimate of drug-likeness (QED) is 0.483. The van der Waals surface area contributed by atoms with Gasteiger partial charge >= 0.3 is 0 Å². The Hall–Kier alpha value is -2.04. The Bertz CT molecular complexity index is 743. The number of carbonyl (C=O) groups excluding carboxylic acids is 2. The Morgan fingerprint density at radius 2 is 1.67 bits per heavy atom. The number of primary amides is 1. The summed E-state index contributed by atoms with van der Waals surface area (Å²) >= 11 is 0. The molecule has 186 valence electrons. The first-order chi connectivity index (χ1) is 15.5. The van der Waals surface area contributed by atoms with E-state index in [9.17, 15) is 9.59 Å². The molecule has 1 unspecified atom stereocenters. The van der Waals surface area contributed by atoms with Crippen LogP contribution in [0.5, 0.6) is 0 Å². The lowest BCUT2D eigenvalue weighted by Gasteiger charge is -2.40. The Morgan fingerprint density at radius 1 is 1.06 bits per heavy atom. The van der Waals surface area contributed by atoms with Gasteiger partial charge in [-0.2, -0.15) is 0 Å². The molecule has 1 saturated heterocycles. The Balaban J connectivity index is 1.98. The number of anilines is 1. The highest BCUT2D eigenvalue weighted by Gasteiger charge is 2.27. The maximum Gasteiger partial charge on any atom is 0.222 e. The lowest BCUT2D eigenvalue weighted by Crippen LogP contribution is -2.47. The second-order valence-corrected chi connectivity index (χ2v) is 11.6. The molecule has 5 heteroatoms. The first-order valence-electron chi connectivity index (χ1n) is 12.9. The second-order valence-electron chi connectivity index (χ2n) is 11.6. The van der Waals surface area contributed by atoms with Crippen LogP contribution >= 0.6 is 0 Å². The number of nitrogens with two attached hydrogens (primary N) is 1.